The summed E-state index contributed by atoms with van der Waals surface area (Å²) in [5.74, 6) is 1.61. The zero-order valence-electron chi connectivity index (χ0n) is 12.8. The van der Waals surface area contributed by atoms with Crippen LogP contribution in [0.25, 0.3) is 0 Å². The second-order valence-corrected chi connectivity index (χ2v) is 7.68. The standard InChI is InChI=1S/C16H32N2/c1-5-13-11-18(7-6-15(13)17)14-8-12(2)9-16(3,4)10-14/h12-15H,5-11,17H2,1-4H3. The molecule has 0 aromatic rings. The lowest BCUT2D eigenvalue weighted by molar-refractivity contribution is 0.0330. The highest BCUT2D eigenvalue weighted by atomic mass is 15.2. The molecule has 1 aliphatic carbocycles. The fraction of sp³-hybridized carbons (Fsp3) is 1.00. The molecule has 2 fully saturated rings. The molecule has 1 aliphatic heterocycles. The van der Waals surface area contributed by atoms with Crippen LogP contribution in [0.4, 0.5) is 0 Å². The van der Waals surface area contributed by atoms with Gasteiger partial charge in [-0.3, -0.25) is 4.90 Å². The predicted octanol–water partition coefficient (Wildman–Crippen LogP) is 3.26. The summed E-state index contributed by atoms with van der Waals surface area (Å²) in [6, 6.07) is 1.26. The molecule has 0 radical (unpaired) electrons. The first kappa shape index (κ1) is 14.3. The second kappa shape index (κ2) is 5.50. The highest BCUT2D eigenvalue weighted by molar-refractivity contribution is 4.92. The lowest BCUT2D eigenvalue weighted by Gasteiger charge is -2.47. The van der Waals surface area contributed by atoms with E-state index in [2.05, 4.69) is 32.6 Å². The van der Waals surface area contributed by atoms with Crippen LogP contribution in [0, 0.1) is 17.3 Å². The number of piperidine rings is 1. The van der Waals surface area contributed by atoms with Crippen molar-refractivity contribution in [1.82, 2.24) is 4.90 Å². The van der Waals surface area contributed by atoms with Gasteiger partial charge in [0.2, 0.25) is 0 Å². The number of rotatable bonds is 2. The second-order valence-electron chi connectivity index (χ2n) is 7.68. The molecule has 1 saturated heterocycles. The lowest BCUT2D eigenvalue weighted by Crippen LogP contribution is -2.52. The Morgan fingerprint density at radius 2 is 2.00 bits per heavy atom. The Kier molecular flexibility index (Phi) is 4.38. The van der Waals surface area contributed by atoms with Crippen molar-refractivity contribution in [2.45, 2.75) is 71.9 Å². The van der Waals surface area contributed by atoms with E-state index in [1.807, 2.05) is 0 Å². The molecule has 2 heteroatoms. The van der Waals surface area contributed by atoms with Gasteiger partial charge in [0.05, 0.1) is 0 Å². The summed E-state index contributed by atoms with van der Waals surface area (Å²) >= 11 is 0. The molecule has 0 aromatic heterocycles. The first-order valence-electron chi connectivity index (χ1n) is 7.91. The first-order chi connectivity index (χ1) is 8.41. The Bertz CT molecular complexity index is 274. The zero-order chi connectivity index (χ0) is 13.3. The van der Waals surface area contributed by atoms with Crippen molar-refractivity contribution in [1.29, 1.82) is 0 Å². The number of nitrogens with zero attached hydrogens (tertiary/aromatic N) is 1. The molecule has 0 spiro atoms. The summed E-state index contributed by atoms with van der Waals surface area (Å²) in [5, 5.41) is 0. The van der Waals surface area contributed by atoms with E-state index in [1.165, 1.54) is 45.2 Å². The fourth-order valence-electron chi connectivity index (χ4n) is 4.42. The monoisotopic (exact) mass is 252 g/mol. The highest BCUT2D eigenvalue weighted by Crippen LogP contribution is 2.41. The molecule has 2 rings (SSSR count). The smallest absolute Gasteiger partial charge is 0.0103 e. The Hall–Kier alpha value is -0.0800. The maximum Gasteiger partial charge on any atom is 0.0103 e. The van der Waals surface area contributed by atoms with E-state index in [0.717, 1.165) is 17.9 Å². The van der Waals surface area contributed by atoms with Crippen molar-refractivity contribution in [3.8, 4) is 0 Å². The van der Waals surface area contributed by atoms with Crippen LogP contribution < -0.4 is 5.73 Å². The van der Waals surface area contributed by atoms with Gasteiger partial charge in [0, 0.05) is 18.6 Å². The number of hydrogen-bond acceptors (Lipinski definition) is 2. The van der Waals surface area contributed by atoms with Crippen molar-refractivity contribution in [3.63, 3.8) is 0 Å². The third-order valence-corrected chi connectivity index (χ3v) is 5.23. The molecule has 0 aromatic carbocycles. The van der Waals surface area contributed by atoms with Crippen LogP contribution in [0.5, 0.6) is 0 Å². The van der Waals surface area contributed by atoms with Gasteiger partial charge >= 0.3 is 0 Å². The van der Waals surface area contributed by atoms with Gasteiger partial charge in [-0.05, 0) is 49.5 Å². The molecule has 2 aliphatic rings. The molecule has 2 nitrogen and oxygen atoms in total. The lowest BCUT2D eigenvalue weighted by atomic mass is 9.70. The van der Waals surface area contributed by atoms with Crippen LogP contribution in [0.3, 0.4) is 0 Å². The SMILES string of the molecule is CCC1CN(C2CC(C)CC(C)(C)C2)CCC1N. The fourth-order valence-corrected chi connectivity index (χ4v) is 4.42. The molecule has 106 valence electrons. The van der Waals surface area contributed by atoms with Crippen molar-refractivity contribution >= 4 is 0 Å². The topological polar surface area (TPSA) is 29.3 Å². The number of likely N-dealkylation sites (tertiary alicyclic amines) is 1. The zero-order valence-corrected chi connectivity index (χ0v) is 12.8. The van der Waals surface area contributed by atoms with Crippen LogP contribution in [-0.2, 0) is 0 Å². The third kappa shape index (κ3) is 3.27. The maximum atomic E-state index is 6.24. The summed E-state index contributed by atoms with van der Waals surface area (Å²) in [6.07, 6.45) is 6.61. The maximum absolute atomic E-state index is 6.24. The Morgan fingerprint density at radius 1 is 1.28 bits per heavy atom. The minimum absolute atomic E-state index is 0.445. The molecule has 1 heterocycles. The van der Waals surface area contributed by atoms with Gasteiger partial charge in [0.25, 0.3) is 0 Å². The van der Waals surface area contributed by atoms with Gasteiger partial charge < -0.3 is 5.73 Å². The van der Waals surface area contributed by atoms with Crippen molar-refractivity contribution in [2.24, 2.45) is 23.0 Å². The minimum atomic E-state index is 0.445. The van der Waals surface area contributed by atoms with Crippen molar-refractivity contribution in [2.75, 3.05) is 13.1 Å². The minimum Gasteiger partial charge on any atom is -0.327 e. The van der Waals surface area contributed by atoms with Crippen LogP contribution >= 0.6 is 0 Å². The Morgan fingerprint density at radius 3 is 2.61 bits per heavy atom. The molecule has 0 amide bonds. The van der Waals surface area contributed by atoms with Crippen LogP contribution in [0.15, 0.2) is 0 Å². The van der Waals surface area contributed by atoms with E-state index in [9.17, 15) is 0 Å². The van der Waals surface area contributed by atoms with Crippen LogP contribution in [0.2, 0.25) is 0 Å². The molecule has 4 unspecified atom stereocenters. The van der Waals surface area contributed by atoms with Gasteiger partial charge in [-0.2, -0.15) is 0 Å². The summed E-state index contributed by atoms with van der Waals surface area (Å²) in [4.78, 5) is 2.76. The first-order valence-corrected chi connectivity index (χ1v) is 7.91. The average molecular weight is 252 g/mol. The van der Waals surface area contributed by atoms with Gasteiger partial charge in [-0.1, -0.05) is 34.1 Å². The summed E-state index contributed by atoms with van der Waals surface area (Å²) in [6.45, 7) is 12.1. The quantitative estimate of drug-likeness (QED) is 0.817. The van der Waals surface area contributed by atoms with Crippen molar-refractivity contribution in [3.05, 3.63) is 0 Å². The molecule has 18 heavy (non-hydrogen) atoms. The van der Waals surface area contributed by atoms with Gasteiger partial charge in [0.1, 0.15) is 0 Å². The molecule has 1 saturated carbocycles. The molecule has 4 atom stereocenters. The molecular weight excluding hydrogens is 220 g/mol. The number of hydrogen-bond donors (Lipinski definition) is 1. The third-order valence-electron chi connectivity index (χ3n) is 5.23. The highest BCUT2D eigenvalue weighted by Gasteiger charge is 2.37. The van der Waals surface area contributed by atoms with Gasteiger partial charge in [0.15, 0.2) is 0 Å². The van der Waals surface area contributed by atoms with E-state index in [0.29, 0.717) is 11.5 Å². The normalized spacial score (nSPS) is 41.8. The summed E-state index contributed by atoms with van der Waals surface area (Å²) in [7, 11) is 0. The van der Waals surface area contributed by atoms with E-state index < -0.39 is 0 Å². The average Bonchev–Trinajstić information content (AvgIpc) is 2.27. The predicted molar refractivity (Wildman–Crippen MR) is 78.5 cm³/mol. The van der Waals surface area contributed by atoms with Crippen LogP contribution in [-0.4, -0.2) is 30.1 Å². The molecule has 2 N–H and O–H groups in total. The van der Waals surface area contributed by atoms with Crippen LogP contribution in [0.1, 0.15) is 59.8 Å². The van der Waals surface area contributed by atoms with E-state index in [1.54, 1.807) is 0 Å². The van der Waals surface area contributed by atoms with E-state index >= 15 is 0 Å². The summed E-state index contributed by atoms with van der Waals surface area (Å²) < 4.78 is 0. The Labute approximate surface area is 113 Å². The molecular formula is C16H32N2. The van der Waals surface area contributed by atoms with Gasteiger partial charge in [-0.25, -0.2) is 0 Å². The van der Waals surface area contributed by atoms with Crippen molar-refractivity contribution < 1.29 is 0 Å². The number of nitrogens with two attached hydrogens (primary N) is 1. The molecule has 0 bridgehead atoms. The Balaban J connectivity index is 1.98. The van der Waals surface area contributed by atoms with E-state index in [4.69, 9.17) is 5.73 Å². The van der Waals surface area contributed by atoms with E-state index in [-0.39, 0.29) is 0 Å². The summed E-state index contributed by atoms with van der Waals surface area (Å²) in [5.41, 5.74) is 6.77. The van der Waals surface area contributed by atoms with Gasteiger partial charge in [-0.15, -0.1) is 0 Å². The largest absolute Gasteiger partial charge is 0.327 e.